The number of hydrogen-bond acceptors (Lipinski definition) is 8. The first-order valence-corrected chi connectivity index (χ1v) is 10.5. The molecule has 146 valence electrons. The SMILES string of the molecule is Cc1ccc(N=Nc2c([O-])c(S(=O)(=O)O)cc3cc(S(=O)(=O)[O-])ccc23)cc1. The van der Waals surface area contributed by atoms with Gasteiger partial charge >= 0.3 is 0 Å². The maximum Gasteiger partial charge on any atom is 0.293 e. The van der Waals surface area contributed by atoms with Gasteiger partial charge in [-0.1, -0.05) is 29.5 Å². The zero-order valence-electron chi connectivity index (χ0n) is 14.2. The van der Waals surface area contributed by atoms with E-state index in [1.807, 2.05) is 6.92 Å². The Labute approximate surface area is 160 Å². The Balaban J connectivity index is 2.29. The summed E-state index contributed by atoms with van der Waals surface area (Å²) in [6.07, 6.45) is 0. The molecule has 0 spiro atoms. The van der Waals surface area contributed by atoms with E-state index in [0.717, 1.165) is 29.8 Å². The molecule has 0 unspecified atom stereocenters. The third-order valence-electron chi connectivity index (χ3n) is 3.87. The second-order valence-electron chi connectivity index (χ2n) is 5.90. The van der Waals surface area contributed by atoms with E-state index in [2.05, 4.69) is 10.2 Å². The van der Waals surface area contributed by atoms with Crippen molar-refractivity contribution in [1.82, 2.24) is 0 Å². The topological polar surface area (TPSA) is 159 Å². The third kappa shape index (κ3) is 4.02. The molecule has 0 saturated heterocycles. The highest BCUT2D eigenvalue weighted by Gasteiger charge is 2.17. The van der Waals surface area contributed by atoms with E-state index in [1.165, 1.54) is 0 Å². The van der Waals surface area contributed by atoms with E-state index in [4.69, 9.17) is 0 Å². The van der Waals surface area contributed by atoms with Gasteiger partial charge in [-0.25, -0.2) is 8.42 Å². The van der Waals surface area contributed by atoms with Gasteiger partial charge < -0.3 is 9.66 Å². The quantitative estimate of drug-likeness (QED) is 0.501. The molecule has 0 saturated carbocycles. The van der Waals surface area contributed by atoms with Gasteiger partial charge in [0, 0.05) is 5.39 Å². The van der Waals surface area contributed by atoms with Crippen LogP contribution in [0.3, 0.4) is 0 Å². The molecule has 0 aromatic heterocycles. The summed E-state index contributed by atoms with van der Waals surface area (Å²) in [5.41, 5.74) is 0.934. The first-order chi connectivity index (χ1) is 13.0. The Morgan fingerprint density at radius 2 is 1.57 bits per heavy atom. The normalized spacial score (nSPS) is 12.7. The van der Waals surface area contributed by atoms with Crippen LogP contribution in [0.25, 0.3) is 10.8 Å². The van der Waals surface area contributed by atoms with Gasteiger partial charge in [0.15, 0.2) is 0 Å². The van der Waals surface area contributed by atoms with Crippen LogP contribution in [-0.2, 0) is 20.2 Å². The lowest BCUT2D eigenvalue weighted by atomic mass is 10.1. The third-order valence-corrected chi connectivity index (χ3v) is 5.56. The van der Waals surface area contributed by atoms with Crippen molar-refractivity contribution in [2.75, 3.05) is 0 Å². The van der Waals surface area contributed by atoms with Crippen molar-refractivity contribution in [3.63, 3.8) is 0 Å². The number of benzene rings is 3. The Morgan fingerprint density at radius 1 is 0.929 bits per heavy atom. The van der Waals surface area contributed by atoms with Crippen molar-refractivity contribution in [1.29, 1.82) is 0 Å². The molecule has 0 aliphatic carbocycles. The molecule has 0 radical (unpaired) electrons. The van der Waals surface area contributed by atoms with E-state index in [9.17, 15) is 31.0 Å². The smallest absolute Gasteiger partial charge is 0.293 e. The van der Waals surface area contributed by atoms with Crippen molar-refractivity contribution < 1.29 is 31.0 Å². The van der Waals surface area contributed by atoms with Gasteiger partial charge in [0.2, 0.25) is 0 Å². The van der Waals surface area contributed by atoms with Gasteiger partial charge in [-0.2, -0.15) is 18.6 Å². The van der Waals surface area contributed by atoms with Crippen LogP contribution in [0.4, 0.5) is 11.4 Å². The minimum atomic E-state index is -4.93. The van der Waals surface area contributed by atoms with Crippen LogP contribution >= 0.6 is 0 Å². The Bertz CT molecular complexity index is 1310. The maximum absolute atomic E-state index is 12.5. The number of aryl methyl sites for hydroxylation is 1. The molecule has 0 amide bonds. The summed E-state index contributed by atoms with van der Waals surface area (Å²) in [4.78, 5) is -1.63. The van der Waals surface area contributed by atoms with Crippen LogP contribution in [0.15, 0.2) is 68.6 Å². The molecule has 1 N–H and O–H groups in total. The monoisotopic (exact) mass is 420 g/mol. The number of azo groups is 1. The molecule has 0 atom stereocenters. The van der Waals surface area contributed by atoms with Crippen LogP contribution < -0.4 is 5.11 Å². The fourth-order valence-corrected chi connectivity index (χ4v) is 3.60. The molecule has 0 aliphatic rings. The molecule has 0 fully saturated rings. The zero-order chi connectivity index (χ0) is 20.7. The first-order valence-electron chi connectivity index (χ1n) is 7.66. The average molecular weight is 420 g/mol. The molecular formula is C17H12N2O7S2-2. The number of hydrogen-bond donors (Lipinski definition) is 1. The summed E-state index contributed by atoms with van der Waals surface area (Å²) < 4.78 is 66.1. The fraction of sp³-hybridized carbons (Fsp3) is 0.0588. The number of fused-ring (bicyclic) bond motifs is 1. The summed E-state index contributed by atoms with van der Waals surface area (Å²) in [5.74, 6) is -1.11. The van der Waals surface area contributed by atoms with Crippen molar-refractivity contribution in [2.24, 2.45) is 10.2 Å². The van der Waals surface area contributed by atoms with E-state index in [1.54, 1.807) is 24.3 Å². The molecule has 3 rings (SSSR count). The lowest BCUT2D eigenvalue weighted by Crippen LogP contribution is -2.05. The summed E-state index contributed by atoms with van der Waals surface area (Å²) >= 11 is 0. The standard InChI is InChI=1S/C17H14N2O7S2/c1-10-2-4-12(5-3-10)18-19-16-14-7-6-13(27(21,22)23)8-11(14)9-15(17(16)20)28(24,25)26/h2-9,20H,1H3,(H,21,22,23)(H,24,25,26)/p-2. The predicted octanol–water partition coefficient (Wildman–Crippen LogP) is 2.79. The van der Waals surface area contributed by atoms with Crippen molar-refractivity contribution >= 4 is 42.4 Å². The minimum Gasteiger partial charge on any atom is -0.870 e. The zero-order valence-corrected chi connectivity index (χ0v) is 15.9. The molecule has 28 heavy (non-hydrogen) atoms. The first kappa shape index (κ1) is 19.9. The molecule has 3 aromatic carbocycles. The van der Waals surface area contributed by atoms with Gasteiger partial charge in [-0.15, -0.1) is 0 Å². The number of nitrogens with zero attached hydrogens (tertiary/aromatic N) is 2. The van der Waals surface area contributed by atoms with E-state index in [0.29, 0.717) is 5.69 Å². The van der Waals surface area contributed by atoms with Gasteiger partial charge in [-0.05, 0) is 42.6 Å². The van der Waals surface area contributed by atoms with Crippen LogP contribution in [-0.4, -0.2) is 25.9 Å². The fourth-order valence-electron chi connectivity index (χ4n) is 2.49. The summed E-state index contributed by atoms with van der Waals surface area (Å²) in [6, 6.07) is 10.6. The summed E-state index contributed by atoms with van der Waals surface area (Å²) in [7, 11) is -9.75. The highest BCUT2D eigenvalue weighted by molar-refractivity contribution is 7.86. The molecule has 9 nitrogen and oxygen atoms in total. The van der Waals surface area contributed by atoms with E-state index >= 15 is 0 Å². The highest BCUT2D eigenvalue weighted by atomic mass is 32.2. The lowest BCUT2D eigenvalue weighted by Gasteiger charge is -2.17. The van der Waals surface area contributed by atoms with Crippen LogP contribution in [0.2, 0.25) is 0 Å². The second kappa shape index (κ2) is 6.95. The summed E-state index contributed by atoms with van der Waals surface area (Å²) in [5, 5.41) is 20.2. The number of rotatable bonds is 4. The van der Waals surface area contributed by atoms with Crippen LogP contribution in [0.1, 0.15) is 5.56 Å². The van der Waals surface area contributed by atoms with Gasteiger partial charge in [0.05, 0.1) is 21.2 Å². The van der Waals surface area contributed by atoms with Crippen molar-refractivity contribution in [3.8, 4) is 5.75 Å². The molecule has 0 heterocycles. The van der Waals surface area contributed by atoms with Crippen molar-refractivity contribution in [3.05, 3.63) is 54.1 Å². The van der Waals surface area contributed by atoms with Crippen LogP contribution in [0.5, 0.6) is 5.75 Å². The van der Waals surface area contributed by atoms with E-state index < -0.39 is 41.5 Å². The van der Waals surface area contributed by atoms with Gasteiger partial charge in [-0.3, -0.25) is 4.55 Å². The largest absolute Gasteiger partial charge is 0.870 e. The average Bonchev–Trinajstić information content (AvgIpc) is 2.60. The van der Waals surface area contributed by atoms with Crippen LogP contribution in [0, 0.1) is 6.92 Å². The second-order valence-corrected chi connectivity index (χ2v) is 8.67. The molecule has 3 aromatic rings. The Morgan fingerprint density at radius 3 is 2.14 bits per heavy atom. The molecule has 0 aliphatic heterocycles. The minimum absolute atomic E-state index is 0.0701. The lowest BCUT2D eigenvalue weighted by molar-refractivity contribution is -0.271. The van der Waals surface area contributed by atoms with Gasteiger partial charge in [0.25, 0.3) is 10.1 Å². The summed E-state index contributed by atoms with van der Waals surface area (Å²) in [6.45, 7) is 1.86. The Kier molecular flexibility index (Phi) is 4.93. The van der Waals surface area contributed by atoms with Crippen molar-refractivity contribution in [2.45, 2.75) is 16.7 Å². The van der Waals surface area contributed by atoms with Gasteiger partial charge in [0.1, 0.15) is 10.1 Å². The highest BCUT2D eigenvalue weighted by Crippen LogP contribution is 2.40. The molecule has 11 heteroatoms. The molecule has 0 bridgehead atoms. The maximum atomic E-state index is 12.5. The predicted molar refractivity (Wildman–Crippen MR) is 96.5 cm³/mol. The van der Waals surface area contributed by atoms with E-state index in [-0.39, 0.29) is 10.8 Å². The Hall–Kier alpha value is -2.86. The molecular weight excluding hydrogens is 408 g/mol.